The van der Waals surface area contributed by atoms with E-state index in [1.807, 2.05) is 26.0 Å². The normalized spacial score (nSPS) is 10.3. The van der Waals surface area contributed by atoms with Crippen LogP contribution in [0, 0.1) is 13.8 Å². The second-order valence-electron chi connectivity index (χ2n) is 4.38. The van der Waals surface area contributed by atoms with Crippen molar-refractivity contribution in [3.63, 3.8) is 0 Å². The second kappa shape index (κ2) is 5.76. The molecule has 2 nitrogen and oxygen atoms in total. The van der Waals surface area contributed by atoms with Crippen molar-refractivity contribution < 1.29 is 4.79 Å². The van der Waals surface area contributed by atoms with Gasteiger partial charge in [0.2, 0.25) is 0 Å². The molecule has 0 saturated heterocycles. The molecule has 0 aliphatic carbocycles. The molecule has 0 aliphatic heterocycles. The summed E-state index contributed by atoms with van der Waals surface area (Å²) in [6.07, 6.45) is 0. The number of carbonyl (C=O) groups is 1. The van der Waals surface area contributed by atoms with Gasteiger partial charge < -0.3 is 5.32 Å². The lowest BCUT2D eigenvalue weighted by Gasteiger charge is -2.10. The molecule has 4 heteroatoms. The van der Waals surface area contributed by atoms with E-state index in [0.29, 0.717) is 10.6 Å². The average Bonchev–Trinajstić information content (AvgIpc) is 2.36. The quantitative estimate of drug-likeness (QED) is 0.823. The van der Waals surface area contributed by atoms with Gasteiger partial charge in [-0.1, -0.05) is 11.6 Å². The Morgan fingerprint density at radius 3 is 2.32 bits per heavy atom. The standard InChI is InChI=1S/C15H13BrClNO/c1-9-7-13(16)14(8-10(9)2)18-15(19)11-3-5-12(17)6-4-11/h3-8H,1-2H3,(H,18,19). The molecule has 0 aromatic heterocycles. The van der Waals surface area contributed by atoms with Crippen molar-refractivity contribution in [3.05, 3.63) is 62.6 Å². The fourth-order valence-electron chi connectivity index (χ4n) is 1.67. The monoisotopic (exact) mass is 337 g/mol. The lowest BCUT2D eigenvalue weighted by atomic mass is 10.1. The van der Waals surface area contributed by atoms with Crippen LogP contribution in [0.5, 0.6) is 0 Å². The topological polar surface area (TPSA) is 29.1 Å². The summed E-state index contributed by atoms with van der Waals surface area (Å²) in [5.41, 5.74) is 3.66. The molecule has 2 rings (SSSR count). The predicted molar refractivity (Wildman–Crippen MR) is 83.0 cm³/mol. The van der Waals surface area contributed by atoms with Crippen LogP contribution < -0.4 is 5.32 Å². The third kappa shape index (κ3) is 3.37. The summed E-state index contributed by atoms with van der Waals surface area (Å²) in [6.45, 7) is 4.05. The van der Waals surface area contributed by atoms with E-state index >= 15 is 0 Å². The maximum atomic E-state index is 12.1. The Balaban J connectivity index is 2.24. The zero-order chi connectivity index (χ0) is 14.0. The average molecular weight is 339 g/mol. The highest BCUT2D eigenvalue weighted by Crippen LogP contribution is 2.26. The lowest BCUT2D eigenvalue weighted by Crippen LogP contribution is -2.12. The molecule has 19 heavy (non-hydrogen) atoms. The summed E-state index contributed by atoms with van der Waals surface area (Å²) in [5.74, 6) is -0.152. The Morgan fingerprint density at radius 2 is 1.68 bits per heavy atom. The first-order chi connectivity index (χ1) is 8.97. The maximum Gasteiger partial charge on any atom is 0.255 e. The van der Waals surface area contributed by atoms with E-state index in [2.05, 4.69) is 21.2 Å². The van der Waals surface area contributed by atoms with Crippen molar-refractivity contribution in [1.29, 1.82) is 0 Å². The Hall–Kier alpha value is -1.32. The number of anilines is 1. The van der Waals surface area contributed by atoms with Crippen LogP contribution in [0.1, 0.15) is 21.5 Å². The van der Waals surface area contributed by atoms with E-state index in [1.165, 1.54) is 5.56 Å². The first-order valence-corrected chi connectivity index (χ1v) is 6.98. The first-order valence-electron chi connectivity index (χ1n) is 5.81. The van der Waals surface area contributed by atoms with Gasteiger partial charge >= 0.3 is 0 Å². The highest BCUT2D eigenvalue weighted by Gasteiger charge is 2.09. The molecule has 1 amide bonds. The molecule has 0 unspecified atom stereocenters. The second-order valence-corrected chi connectivity index (χ2v) is 5.67. The highest BCUT2D eigenvalue weighted by molar-refractivity contribution is 9.10. The molecule has 0 heterocycles. The number of nitrogens with one attached hydrogen (secondary N) is 1. The van der Waals surface area contributed by atoms with Crippen LogP contribution in [0.2, 0.25) is 5.02 Å². The van der Waals surface area contributed by atoms with Crippen LogP contribution in [-0.4, -0.2) is 5.91 Å². The summed E-state index contributed by atoms with van der Waals surface area (Å²) >= 11 is 9.26. The van der Waals surface area contributed by atoms with Crippen LogP contribution in [0.15, 0.2) is 40.9 Å². The third-order valence-corrected chi connectivity index (χ3v) is 3.85. The summed E-state index contributed by atoms with van der Waals surface area (Å²) in [5, 5.41) is 3.50. The van der Waals surface area contributed by atoms with Gasteiger partial charge in [0.05, 0.1) is 5.69 Å². The zero-order valence-electron chi connectivity index (χ0n) is 10.6. The molecular weight excluding hydrogens is 326 g/mol. The van der Waals surface area contributed by atoms with Crippen molar-refractivity contribution in [2.24, 2.45) is 0 Å². The molecule has 2 aromatic carbocycles. The first kappa shape index (κ1) is 14.1. The van der Waals surface area contributed by atoms with E-state index in [1.54, 1.807) is 24.3 Å². The van der Waals surface area contributed by atoms with Gasteiger partial charge in [0.25, 0.3) is 5.91 Å². The van der Waals surface area contributed by atoms with Gasteiger partial charge in [0.1, 0.15) is 0 Å². The molecule has 0 saturated carbocycles. The molecule has 98 valence electrons. The minimum atomic E-state index is -0.152. The molecular formula is C15H13BrClNO. The fourth-order valence-corrected chi connectivity index (χ4v) is 2.36. The van der Waals surface area contributed by atoms with Gasteiger partial charge in [-0.2, -0.15) is 0 Å². The van der Waals surface area contributed by atoms with Gasteiger partial charge in [0, 0.05) is 15.1 Å². The van der Waals surface area contributed by atoms with E-state index in [-0.39, 0.29) is 5.91 Å². The molecule has 0 aliphatic rings. The summed E-state index contributed by atoms with van der Waals surface area (Å²) in [4.78, 5) is 12.1. The number of halogens is 2. The highest BCUT2D eigenvalue weighted by atomic mass is 79.9. The van der Waals surface area contributed by atoms with Crippen molar-refractivity contribution in [1.82, 2.24) is 0 Å². The number of rotatable bonds is 2. The van der Waals surface area contributed by atoms with Gasteiger partial charge in [-0.15, -0.1) is 0 Å². The molecule has 0 atom stereocenters. The fraction of sp³-hybridized carbons (Fsp3) is 0.133. The zero-order valence-corrected chi connectivity index (χ0v) is 13.0. The van der Waals surface area contributed by atoms with Gasteiger partial charge in [-0.3, -0.25) is 4.79 Å². The number of amides is 1. The van der Waals surface area contributed by atoms with E-state index in [0.717, 1.165) is 15.7 Å². The largest absolute Gasteiger partial charge is 0.321 e. The smallest absolute Gasteiger partial charge is 0.255 e. The molecule has 0 radical (unpaired) electrons. The molecule has 0 fully saturated rings. The maximum absolute atomic E-state index is 12.1. The Bertz CT molecular complexity index is 623. The van der Waals surface area contributed by atoms with Crippen LogP contribution >= 0.6 is 27.5 Å². The molecule has 0 bridgehead atoms. The number of hydrogen-bond acceptors (Lipinski definition) is 1. The number of hydrogen-bond donors (Lipinski definition) is 1. The third-order valence-electron chi connectivity index (χ3n) is 2.94. The van der Waals surface area contributed by atoms with E-state index in [9.17, 15) is 4.79 Å². The minimum Gasteiger partial charge on any atom is -0.321 e. The molecule has 2 aromatic rings. The molecule has 0 spiro atoms. The minimum absolute atomic E-state index is 0.152. The van der Waals surface area contributed by atoms with Gasteiger partial charge in [-0.05, 0) is 77.3 Å². The number of aryl methyl sites for hydroxylation is 2. The summed E-state index contributed by atoms with van der Waals surface area (Å²) in [6, 6.07) is 10.7. The molecule has 1 N–H and O–H groups in total. The van der Waals surface area contributed by atoms with Crippen molar-refractivity contribution in [2.45, 2.75) is 13.8 Å². The Labute approximate surface area is 125 Å². The van der Waals surface area contributed by atoms with Crippen LogP contribution in [0.4, 0.5) is 5.69 Å². The van der Waals surface area contributed by atoms with Gasteiger partial charge in [0.15, 0.2) is 0 Å². The Kier molecular flexibility index (Phi) is 4.27. The van der Waals surface area contributed by atoms with Crippen LogP contribution in [0.25, 0.3) is 0 Å². The van der Waals surface area contributed by atoms with Gasteiger partial charge in [-0.25, -0.2) is 0 Å². The van der Waals surface area contributed by atoms with Crippen molar-refractivity contribution in [3.8, 4) is 0 Å². The number of benzene rings is 2. The summed E-state index contributed by atoms with van der Waals surface area (Å²) in [7, 11) is 0. The lowest BCUT2D eigenvalue weighted by molar-refractivity contribution is 0.102. The van der Waals surface area contributed by atoms with E-state index in [4.69, 9.17) is 11.6 Å². The summed E-state index contributed by atoms with van der Waals surface area (Å²) < 4.78 is 0.873. The van der Waals surface area contributed by atoms with Crippen LogP contribution in [0.3, 0.4) is 0 Å². The van der Waals surface area contributed by atoms with Crippen LogP contribution in [-0.2, 0) is 0 Å². The number of carbonyl (C=O) groups excluding carboxylic acids is 1. The Morgan fingerprint density at radius 1 is 1.11 bits per heavy atom. The van der Waals surface area contributed by atoms with E-state index < -0.39 is 0 Å². The SMILES string of the molecule is Cc1cc(Br)c(NC(=O)c2ccc(Cl)cc2)cc1C. The van der Waals surface area contributed by atoms with Crippen molar-refractivity contribution in [2.75, 3.05) is 5.32 Å². The predicted octanol–water partition coefficient (Wildman–Crippen LogP) is 4.97. The van der Waals surface area contributed by atoms with Crippen molar-refractivity contribution >= 4 is 39.1 Å².